The Balaban J connectivity index is 0.00000144. The zero-order valence-electron chi connectivity index (χ0n) is 9.87. The molecule has 0 fully saturated rings. The van der Waals surface area contributed by atoms with Crippen molar-refractivity contribution in [3.8, 4) is 0 Å². The zero-order valence-corrected chi connectivity index (χ0v) is 11.5. The van der Waals surface area contributed by atoms with Crippen LogP contribution in [0.15, 0.2) is 35.5 Å². The predicted molar refractivity (Wildman–Crippen MR) is 74.7 cm³/mol. The molecule has 2 rings (SSSR count). The number of imidazole rings is 1. The molecule has 1 unspecified atom stereocenters. The molecule has 0 aliphatic heterocycles. The maximum Gasteiger partial charge on any atom is 0.0946 e. The number of rotatable bonds is 6. The number of hydrogen-bond acceptors (Lipinski definition) is 3. The second-order valence-electron chi connectivity index (χ2n) is 4.13. The lowest BCUT2D eigenvalue weighted by atomic mass is 10.2. The molecule has 94 valence electrons. The van der Waals surface area contributed by atoms with Crippen molar-refractivity contribution >= 4 is 23.7 Å². The highest BCUT2D eigenvalue weighted by Gasteiger charge is 2.02. The van der Waals surface area contributed by atoms with E-state index in [9.17, 15) is 0 Å². The summed E-state index contributed by atoms with van der Waals surface area (Å²) in [5, 5.41) is 7.78. The normalized spacial score (nSPS) is 12.1. The van der Waals surface area contributed by atoms with Crippen molar-refractivity contribution in [2.45, 2.75) is 20.0 Å². The van der Waals surface area contributed by atoms with Gasteiger partial charge in [0.1, 0.15) is 0 Å². The molecule has 0 aromatic carbocycles. The van der Waals surface area contributed by atoms with Crippen LogP contribution in [0.4, 0.5) is 0 Å². The number of aromatic nitrogens is 2. The fourth-order valence-corrected chi connectivity index (χ4v) is 2.34. The van der Waals surface area contributed by atoms with E-state index in [1.807, 2.05) is 18.7 Å². The molecule has 0 amide bonds. The van der Waals surface area contributed by atoms with Gasteiger partial charge in [0, 0.05) is 25.5 Å². The molecule has 3 nitrogen and oxygen atoms in total. The van der Waals surface area contributed by atoms with Gasteiger partial charge in [0.05, 0.1) is 6.33 Å². The Hall–Kier alpha value is -0.840. The first-order valence-corrected chi connectivity index (χ1v) is 6.46. The van der Waals surface area contributed by atoms with Crippen LogP contribution in [0.3, 0.4) is 0 Å². The molecule has 0 spiro atoms. The van der Waals surface area contributed by atoms with E-state index >= 15 is 0 Å². The first-order chi connectivity index (χ1) is 7.84. The van der Waals surface area contributed by atoms with E-state index in [2.05, 4.69) is 38.6 Å². The molecule has 1 atom stereocenters. The Labute approximate surface area is 112 Å². The number of halogens is 1. The van der Waals surface area contributed by atoms with Crippen LogP contribution in [0, 0.1) is 5.92 Å². The molecule has 2 aromatic heterocycles. The molecule has 0 aliphatic rings. The fraction of sp³-hybridized carbons (Fsp3) is 0.417. The second-order valence-corrected chi connectivity index (χ2v) is 4.91. The maximum absolute atomic E-state index is 4.04. The molecule has 2 aromatic rings. The Morgan fingerprint density at radius 3 is 3.06 bits per heavy atom. The molecule has 0 saturated carbocycles. The average molecular weight is 272 g/mol. The predicted octanol–water partition coefficient (Wildman–Crippen LogP) is 2.79. The van der Waals surface area contributed by atoms with Crippen LogP contribution < -0.4 is 5.32 Å². The van der Waals surface area contributed by atoms with Crippen LogP contribution in [-0.2, 0) is 13.1 Å². The lowest BCUT2D eigenvalue weighted by Gasteiger charge is -2.12. The molecule has 0 radical (unpaired) electrons. The summed E-state index contributed by atoms with van der Waals surface area (Å²) in [6, 6.07) is 2.16. The van der Waals surface area contributed by atoms with Crippen molar-refractivity contribution in [1.29, 1.82) is 0 Å². The highest BCUT2D eigenvalue weighted by molar-refractivity contribution is 7.07. The van der Waals surface area contributed by atoms with Crippen LogP contribution in [0.5, 0.6) is 0 Å². The summed E-state index contributed by atoms with van der Waals surface area (Å²) >= 11 is 1.75. The summed E-state index contributed by atoms with van der Waals surface area (Å²) in [6.45, 7) is 5.28. The van der Waals surface area contributed by atoms with Crippen molar-refractivity contribution in [3.05, 3.63) is 41.1 Å². The van der Waals surface area contributed by atoms with Crippen LogP contribution in [0.25, 0.3) is 0 Å². The standard InChI is InChI=1S/C12H17N3S.ClH/c1-11(8-15-4-3-13-10-15)6-14-7-12-2-5-16-9-12;/h2-5,9-11,14H,6-8H2,1H3;1H. The number of thiophene rings is 1. The smallest absolute Gasteiger partial charge is 0.0946 e. The van der Waals surface area contributed by atoms with Crippen molar-refractivity contribution in [2.24, 2.45) is 5.92 Å². The van der Waals surface area contributed by atoms with Gasteiger partial charge in [-0.05, 0) is 34.9 Å². The topological polar surface area (TPSA) is 29.9 Å². The maximum atomic E-state index is 4.04. The number of nitrogens with one attached hydrogen (secondary N) is 1. The highest BCUT2D eigenvalue weighted by atomic mass is 35.5. The third-order valence-corrected chi connectivity index (χ3v) is 3.22. The first-order valence-electron chi connectivity index (χ1n) is 5.52. The number of hydrogen-bond donors (Lipinski definition) is 1. The van der Waals surface area contributed by atoms with Gasteiger partial charge in [-0.15, -0.1) is 12.4 Å². The molecular formula is C12H18ClN3S. The molecule has 0 saturated heterocycles. The summed E-state index contributed by atoms with van der Waals surface area (Å²) in [4.78, 5) is 4.04. The van der Waals surface area contributed by atoms with Crippen molar-refractivity contribution in [3.63, 3.8) is 0 Å². The lowest BCUT2D eigenvalue weighted by molar-refractivity contribution is 0.445. The molecular weight excluding hydrogens is 254 g/mol. The molecule has 0 aliphatic carbocycles. The lowest BCUT2D eigenvalue weighted by Crippen LogP contribution is -2.23. The van der Waals surface area contributed by atoms with Gasteiger partial charge in [0.2, 0.25) is 0 Å². The van der Waals surface area contributed by atoms with E-state index < -0.39 is 0 Å². The zero-order chi connectivity index (χ0) is 11.2. The molecule has 17 heavy (non-hydrogen) atoms. The Morgan fingerprint density at radius 1 is 1.53 bits per heavy atom. The summed E-state index contributed by atoms with van der Waals surface area (Å²) < 4.78 is 2.12. The quantitative estimate of drug-likeness (QED) is 0.876. The van der Waals surface area contributed by atoms with Gasteiger partial charge in [-0.2, -0.15) is 11.3 Å². The highest BCUT2D eigenvalue weighted by Crippen LogP contribution is 2.05. The van der Waals surface area contributed by atoms with Gasteiger partial charge in [-0.25, -0.2) is 4.98 Å². The van der Waals surface area contributed by atoms with Crippen LogP contribution >= 0.6 is 23.7 Å². The minimum atomic E-state index is 0. The average Bonchev–Trinajstić information content (AvgIpc) is 2.90. The van der Waals surface area contributed by atoms with E-state index in [0.29, 0.717) is 5.92 Å². The van der Waals surface area contributed by atoms with Crippen LogP contribution in [0.1, 0.15) is 12.5 Å². The van der Waals surface area contributed by atoms with E-state index in [1.165, 1.54) is 5.56 Å². The minimum absolute atomic E-state index is 0. The molecule has 2 heterocycles. The van der Waals surface area contributed by atoms with Gasteiger partial charge in [-0.3, -0.25) is 0 Å². The third kappa shape index (κ3) is 4.89. The summed E-state index contributed by atoms with van der Waals surface area (Å²) in [6.07, 6.45) is 5.70. The fourth-order valence-electron chi connectivity index (χ4n) is 1.68. The Kier molecular flexibility index (Phi) is 6.26. The van der Waals surface area contributed by atoms with Crippen LogP contribution in [-0.4, -0.2) is 16.1 Å². The molecule has 5 heteroatoms. The Bertz CT molecular complexity index is 386. The van der Waals surface area contributed by atoms with E-state index in [1.54, 1.807) is 11.3 Å². The largest absolute Gasteiger partial charge is 0.337 e. The molecule has 1 N–H and O–H groups in total. The minimum Gasteiger partial charge on any atom is -0.337 e. The van der Waals surface area contributed by atoms with Gasteiger partial charge < -0.3 is 9.88 Å². The number of nitrogens with zero attached hydrogens (tertiary/aromatic N) is 2. The van der Waals surface area contributed by atoms with E-state index in [4.69, 9.17) is 0 Å². The van der Waals surface area contributed by atoms with E-state index in [0.717, 1.165) is 19.6 Å². The second kappa shape index (κ2) is 7.48. The summed E-state index contributed by atoms with van der Waals surface area (Å²) in [7, 11) is 0. The van der Waals surface area contributed by atoms with Gasteiger partial charge in [0.25, 0.3) is 0 Å². The summed E-state index contributed by atoms with van der Waals surface area (Å²) in [5.41, 5.74) is 1.37. The van der Waals surface area contributed by atoms with Crippen molar-refractivity contribution < 1.29 is 0 Å². The summed E-state index contributed by atoms with van der Waals surface area (Å²) in [5.74, 6) is 0.618. The van der Waals surface area contributed by atoms with Gasteiger partial charge in [0.15, 0.2) is 0 Å². The first kappa shape index (κ1) is 14.2. The monoisotopic (exact) mass is 271 g/mol. The van der Waals surface area contributed by atoms with Crippen molar-refractivity contribution in [2.75, 3.05) is 6.54 Å². The molecule has 0 bridgehead atoms. The van der Waals surface area contributed by atoms with Crippen LogP contribution in [0.2, 0.25) is 0 Å². The SMILES string of the molecule is CC(CNCc1ccsc1)Cn1ccnc1.Cl. The van der Waals surface area contributed by atoms with Gasteiger partial charge >= 0.3 is 0 Å². The van der Waals surface area contributed by atoms with Crippen molar-refractivity contribution in [1.82, 2.24) is 14.9 Å². The third-order valence-electron chi connectivity index (χ3n) is 2.48. The Morgan fingerprint density at radius 2 is 2.41 bits per heavy atom. The van der Waals surface area contributed by atoms with Gasteiger partial charge in [-0.1, -0.05) is 6.92 Å². The van der Waals surface area contributed by atoms with E-state index in [-0.39, 0.29) is 12.4 Å².